The van der Waals surface area contributed by atoms with E-state index in [1.165, 1.54) is 12.1 Å². The first-order valence-electron chi connectivity index (χ1n) is 3.44. The quantitative estimate of drug-likeness (QED) is 0.481. The molecule has 1 aromatic rings. The molecule has 0 unspecified atom stereocenters. The summed E-state index contributed by atoms with van der Waals surface area (Å²) in [5.41, 5.74) is 0.220. The van der Waals surface area contributed by atoms with Crippen molar-refractivity contribution < 1.29 is 48.4 Å². The van der Waals surface area contributed by atoms with Crippen LogP contribution in [0.25, 0.3) is 0 Å². The van der Waals surface area contributed by atoms with Crippen LogP contribution in [-0.4, -0.2) is 14.3 Å². The molecule has 5 nitrogen and oxygen atoms in total. The Kier molecular flexibility index (Phi) is 3.20. The number of rotatable bonds is 0. The second-order valence-corrected chi connectivity index (χ2v) is 3.74. The Morgan fingerprint density at radius 2 is 1.93 bits per heavy atom. The molecule has 0 aliphatic carbocycles. The number of para-hydroxylation sites is 1. The molecule has 0 saturated heterocycles. The van der Waals surface area contributed by atoms with Gasteiger partial charge in [0.25, 0.3) is 5.91 Å². The molecule has 1 aliphatic rings. The third-order valence-corrected chi connectivity index (χ3v) is 2.38. The van der Waals surface area contributed by atoms with Crippen molar-refractivity contribution in [2.24, 2.45) is 0 Å². The molecule has 0 fully saturated rings. The summed E-state index contributed by atoms with van der Waals surface area (Å²) in [6.45, 7) is 0. The molecular formula is C7H6NNaO4S. The summed E-state index contributed by atoms with van der Waals surface area (Å²) in [5.74, 6) is -0.604. The average molecular weight is 223 g/mol. The fraction of sp³-hybridized carbons (Fsp3) is 0. The third kappa shape index (κ3) is 2.09. The largest absolute Gasteiger partial charge is 1.00 e. The van der Waals surface area contributed by atoms with Gasteiger partial charge in [-0.3, -0.25) is 4.79 Å². The van der Waals surface area contributed by atoms with Crippen LogP contribution in [0.3, 0.4) is 0 Å². The molecule has 0 atom stereocenters. The molecular weight excluding hydrogens is 217 g/mol. The molecule has 1 aliphatic heterocycles. The minimum Gasteiger partial charge on any atom is -1.00 e. The summed E-state index contributed by atoms with van der Waals surface area (Å²) >= 11 is 0. The van der Waals surface area contributed by atoms with Crippen LogP contribution in [0.1, 0.15) is 11.8 Å². The van der Waals surface area contributed by atoms with Crippen molar-refractivity contribution in [1.29, 1.82) is 0 Å². The smallest absolute Gasteiger partial charge is 1.00 e. The van der Waals surface area contributed by atoms with Crippen LogP contribution in [-0.2, 0) is 10.3 Å². The first-order valence-corrected chi connectivity index (χ1v) is 4.85. The van der Waals surface area contributed by atoms with Gasteiger partial charge >= 0.3 is 39.9 Å². The molecule has 0 aromatic heterocycles. The summed E-state index contributed by atoms with van der Waals surface area (Å²) in [5, 5.41) is 0. The standard InChI is InChI=1S/C7H5NO4S.Na.H/c9-7-5-3-1-2-4-6(5)12-13(10,11)8-7;;/h1-4H,(H,8,9);;/q;+1;-1. The fourth-order valence-corrected chi connectivity index (χ4v) is 1.79. The van der Waals surface area contributed by atoms with Crippen LogP contribution in [0.15, 0.2) is 24.3 Å². The van der Waals surface area contributed by atoms with Crippen molar-refractivity contribution >= 4 is 16.2 Å². The summed E-state index contributed by atoms with van der Waals surface area (Å²) in [6.07, 6.45) is 0. The van der Waals surface area contributed by atoms with E-state index in [9.17, 15) is 13.2 Å². The van der Waals surface area contributed by atoms with Gasteiger partial charge in [-0.25, -0.2) is 4.72 Å². The van der Waals surface area contributed by atoms with Gasteiger partial charge < -0.3 is 5.61 Å². The number of benzene rings is 1. The molecule has 0 saturated carbocycles. The van der Waals surface area contributed by atoms with E-state index < -0.39 is 16.2 Å². The van der Waals surface area contributed by atoms with E-state index in [1.54, 1.807) is 16.9 Å². The van der Waals surface area contributed by atoms with Crippen LogP contribution in [0, 0.1) is 0 Å². The summed E-state index contributed by atoms with van der Waals surface area (Å²) in [6, 6.07) is 6.12. The minimum atomic E-state index is -3.94. The zero-order chi connectivity index (χ0) is 9.47. The predicted octanol–water partition coefficient (Wildman–Crippen LogP) is -2.83. The van der Waals surface area contributed by atoms with Crippen LogP contribution in [0.4, 0.5) is 0 Å². The van der Waals surface area contributed by atoms with Gasteiger partial charge in [0, 0.05) is 0 Å². The Labute approximate surface area is 104 Å². The number of carbonyl (C=O) groups excluding carboxylic acids is 1. The van der Waals surface area contributed by atoms with E-state index >= 15 is 0 Å². The van der Waals surface area contributed by atoms with E-state index in [1.807, 2.05) is 0 Å². The summed E-state index contributed by atoms with van der Waals surface area (Å²) < 4.78 is 28.0. The third-order valence-electron chi connectivity index (χ3n) is 1.55. The van der Waals surface area contributed by atoms with Gasteiger partial charge in [0.1, 0.15) is 0 Å². The van der Waals surface area contributed by atoms with Gasteiger partial charge in [-0.2, -0.15) is 8.42 Å². The number of hydrogen-bond donors (Lipinski definition) is 1. The maximum Gasteiger partial charge on any atom is 1.00 e. The van der Waals surface area contributed by atoms with Gasteiger partial charge in [0.05, 0.1) is 5.56 Å². The van der Waals surface area contributed by atoms with E-state index in [-0.39, 0.29) is 42.3 Å². The van der Waals surface area contributed by atoms with Gasteiger partial charge in [0.15, 0.2) is 5.75 Å². The van der Waals surface area contributed by atoms with Gasteiger partial charge in [-0.05, 0) is 12.1 Å². The van der Waals surface area contributed by atoms with Crippen molar-refractivity contribution in [3.63, 3.8) is 0 Å². The molecule has 1 heterocycles. The molecule has 14 heavy (non-hydrogen) atoms. The average Bonchev–Trinajstić information content (AvgIpc) is 2.02. The maximum atomic E-state index is 11.1. The Morgan fingerprint density at radius 3 is 2.64 bits per heavy atom. The van der Waals surface area contributed by atoms with Gasteiger partial charge in [-0.15, -0.1) is 0 Å². The monoisotopic (exact) mass is 223 g/mol. The molecule has 0 bridgehead atoms. The second-order valence-electron chi connectivity index (χ2n) is 2.46. The van der Waals surface area contributed by atoms with Crippen molar-refractivity contribution in [3.05, 3.63) is 29.8 Å². The van der Waals surface area contributed by atoms with Gasteiger partial charge in [-0.1, -0.05) is 12.1 Å². The van der Waals surface area contributed by atoms with Crippen molar-refractivity contribution in [1.82, 2.24) is 4.72 Å². The van der Waals surface area contributed by atoms with Gasteiger partial charge in [0.2, 0.25) is 0 Å². The summed E-state index contributed by atoms with van der Waals surface area (Å²) in [7, 11) is -3.94. The number of amides is 1. The molecule has 2 rings (SSSR count). The van der Waals surface area contributed by atoms with Crippen LogP contribution in [0.5, 0.6) is 5.75 Å². The number of carbonyl (C=O) groups is 1. The van der Waals surface area contributed by atoms with Crippen molar-refractivity contribution in [2.75, 3.05) is 0 Å². The number of fused-ring (bicyclic) bond motifs is 1. The number of hydrogen-bond acceptors (Lipinski definition) is 4. The molecule has 0 spiro atoms. The molecule has 70 valence electrons. The second kappa shape index (κ2) is 3.90. The zero-order valence-corrected chi connectivity index (χ0v) is 10.2. The van der Waals surface area contributed by atoms with E-state index in [0.29, 0.717) is 0 Å². The first-order chi connectivity index (χ1) is 6.08. The fourth-order valence-electron chi connectivity index (χ4n) is 1.03. The predicted molar refractivity (Wildman–Crippen MR) is 44.6 cm³/mol. The van der Waals surface area contributed by atoms with Crippen molar-refractivity contribution in [2.45, 2.75) is 0 Å². The summed E-state index contributed by atoms with van der Waals surface area (Å²) in [4.78, 5) is 11.1. The maximum absolute atomic E-state index is 11.1. The normalized spacial score (nSPS) is 17.0. The SMILES string of the molecule is O=C1NS(=O)(=O)Oc2ccccc21.[H-].[Na+]. The van der Waals surface area contributed by atoms with Crippen LogP contribution >= 0.6 is 0 Å². The van der Waals surface area contributed by atoms with E-state index in [2.05, 4.69) is 4.18 Å². The molecule has 1 N–H and O–H groups in total. The number of nitrogens with one attached hydrogen (secondary N) is 1. The molecule has 1 amide bonds. The van der Waals surface area contributed by atoms with E-state index in [4.69, 9.17) is 0 Å². The van der Waals surface area contributed by atoms with E-state index in [0.717, 1.165) is 0 Å². The molecule has 7 heteroatoms. The Bertz CT molecular complexity index is 476. The Hall–Kier alpha value is -0.560. The van der Waals surface area contributed by atoms with Crippen LogP contribution < -0.4 is 38.5 Å². The zero-order valence-electron chi connectivity index (χ0n) is 8.35. The Morgan fingerprint density at radius 1 is 1.29 bits per heavy atom. The van der Waals surface area contributed by atoms with Crippen LogP contribution in [0.2, 0.25) is 0 Å². The topological polar surface area (TPSA) is 72.5 Å². The first kappa shape index (κ1) is 11.5. The Balaban J connectivity index is 0.000000980. The minimum absolute atomic E-state index is 0. The molecule has 0 radical (unpaired) electrons. The molecule has 1 aromatic carbocycles. The van der Waals surface area contributed by atoms with Crippen molar-refractivity contribution in [3.8, 4) is 5.75 Å².